The molecule has 0 atom stereocenters. The van der Waals surface area contributed by atoms with Gasteiger partial charge in [-0.2, -0.15) is 0 Å². The van der Waals surface area contributed by atoms with Crippen molar-refractivity contribution in [1.82, 2.24) is 0 Å². The smallest absolute Gasteiger partial charge is 0.124 e. The van der Waals surface area contributed by atoms with E-state index in [2.05, 4.69) is 0 Å². The van der Waals surface area contributed by atoms with Gasteiger partial charge >= 0.3 is 0 Å². The van der Waals surface area contributed by atoms with E-state index >= 15 is 0 Å². The van der Waals surface area contributed by atoms with Crippen LogP contribution in [0.25, 0.3) is 0 Å². The molecule has 0 aliphatic carbocycles. The zero-order valence-corrected chi connectivity index (χ0v) is 11.3. The van der Waals surface area contributed by atoms with Crippen molar-refractivity contribution < 1.29 is 9.47 Å². The molecule has 2 rings (SSSR count). The van der Waals surface area contributed by atoms with Crippen LogP contribution in [0.15, 0.2) is 48.5 Å². The van der Waals surface area contributed by atoms with E-state index in [0.717, 1.165) is 17.1 Å². The second-order valence-electron chi connectivity index (χ2n) is 3.97. The maximum atomic E-state index is 5.90. The first-order valence-corrected chi connectivity index (χ1v) is 6.46. The van der Waals surface area contributed by atoms with Crippen LogP contribution in [0.3, 0.4) is 0 Å². The predicted octanol–water partition coefficient (Wildman–Crippen LogP) is 3.26. The Morgan fingerprint density at radius 2 is 1.68 bits per heavy atom. The van der Waals surface area contributed by atoms with Gasteiger partial charge in [-0.15, -0.1) is 0 Å². The van der Waals surface area contributed by atoms with Gasteiger partial charge in [0.15, 0.2) is 0 Å². The van der Waals surface area contributed by atoms with Gasteiger partial charge in [0.25, 0.3) is 0 Å². The fraction of sp³-hybridized carbons (Fsp3) is 0.200. The van der Waals surface area contributed by atoms with Gasteiger partial charge < -0.3 is 15.2 Å². The summed E-state index contributed by atoms with van der Waals surface area (Å²) in [5.41, 5.74) is 6.54. The number of hydrogen-bond donors (Lipinski definition) is 1. The van der Waals surface area contributed by atoms with Crippen LogP contribution < -0.4 is 15.2 Å². The van der Waals surface area contributed by atoms with Crippen LogP contribution in [-0.4, -0.2) is 13.2 Å². The van der Waals surface area contributed by atoms with E-state index < -0.39 is 0 Å². The monoisotopic (exact) mass is 277 g/mol. The number of benzene rings is 2. The summed E-state index contributed by atoms with van der Waals surface area (Å²) < 4.78 is 11.2. The van der Waals surface area contributed by atoms with Crippen molar-refractivity contribution in [3.05, 3.63) is 59.1 Å². The van der Waals surface area contributed by atoms with E-state index in [0.29, 0.717) is 24.8 Å². The predicted molar refractivity (Wildman–Crippen MR) is 76.8 cm³/mol. The number of ether oxygens (including phenoxy) is 2. The minimum Gasteiger partial charge on any atom is -0.490 e. The molecular formula is C15H16ClNO2. The number of para-hydroxylation sites is 1. The van der Waals surface area contributed by atoms with Crippen LogP contribution in [-0.2, 0) is 6.54 Å². The molecule has 0 aliphatic heterocycles. The van der Waals surface area contributed by atoms with Gasteiger partial charge in [0.05, 0.1) is 0 Å². The van der Waals surface area contributed by atoms with Crippen LogP contribution in [0.2, 0.25) is 5.02 Å². The lowest BCUT2D eigenvalue weighted by Gasteiger charge is -2.11. The molecule has 2 aromatic carbocycles. The Labute approximate surface area is 117 Å². The summed E-state index contributed by atoms with van der Waals surface area (Å²) in [6, 6.07) is 15.1. The summed E-state index contributed by atoms with van der Waals surface area (Å²) >= 11 is 5.90. The summed E-state index contributed by atoms with van der Waals surface area (Å²) in [4.78, 5) is 0. The molecule has 0 aliphatic rings. The van der Waals surface area contributed by atoms with Gasteiger partial charge in [0, 0.05) is 17.1 Å². The van der Waals surface area contributed by atoms with Crippen molar-refractivity contribution in [3.63, 3.8) is 0 Å². The molecule has 0 saturated carbocycles. The zero-order valence-electron chi connectivity index (χ0n) is 10.5. The van der Waals surface area contributed by atoms with Crippen LogP contribution in [0.1, 0.15) is 5.56 Å². The largest absolute Gasteiger partial charge is 0.490 e. The van der Waals surface area contributed by atoms with Crippen molar-refractivity contribution >= 4 is 11.6 Å². The normalized spacial score (nSPS) is 10.2. The molecule has 0 fully saturated rings. The molecule has 3 nitrogen and oxygen atoms in total. The lowest BCUT2D eigenvalue weighted by atomic mass is 10.2. The lowest BCUT2D eigenvalue weighted by Crippen LogP contribution is -2.10. The Balaban J connectivity index is 1.83. The first kappa shape index (κ1) is 13.7. The Kier molecular flexibility index (Phi) is 5.07. The number of nitrogens with two attached hydrogens (primary N) is 1. The molecule has 4 heteroatoms. The molecule has 0 saturated heterocycles. The van der Waals surface area contributed by atoms with E-state index in [1.54, 1.807) is 6.07 Å². The van der Waals surface area contributed by atoms with E-state index in [1.165, 1.54) is 0 Å². The topological polar surface area (TPSA) is 44.5 Å². The van der Waals surface area contributed by atoms with Gasteiger partial charge in [0.1, 0.15) is 24.7 Å². The third-order valence-electron chi connectivity index (χ3n) is 2.60. The van der Waals surface area contributed by atoms with Crippen LogP contribution >= 0.6 is 11.6 Å². The van der Waals surface area contributed by atoms with E-state index in [1.807, 2.05) is 42.5 Å². The van der Waals surface area contributed by atoms with Crippen LogP contribution in [0.5, 0.6) is 11.5 Å². The standard InChI is InChI=1S/C15H16ClNO2/c16-13-6-7-15(12(10-13)11-17)19-9-8-18-14-4-2-1-3-5-14/h1-7,10H,8-9,11,17H2. The molecule has 0 aromatic heterocycles. The van der Waals surface area contributed by atoms with Crippen molar-refractivity contribution in [2.45, 2.75) is 6.54 Å². The summed E-state index contributed by atoms with van der Waals surface area (Å²) in [6.07, 6.45) is 0. The zero-order chi connectivity index (χ0) is 13.5. The summed E-state index contributed by atoms with van der Waals surface area (Å²) in [7, 11) is 0. The third-order valence-corrected chi connectivity index (χ3v) is 2.83. The van der Waals surface area contributed by atoms with Crippen molar-refractivity contribution in [1.29, 1.82) is 0 Å². The molecule has 0 heterocycles. The first-order chi connectivity index (χ1) is 9.29. The van der Waals surface area contributed by atoms with Crippen molar-refractivity contribution in [2.75, 3.05) is 13.2 Å². The molecule has 2 N–H and O–H groups in total. The highest BCUT2D eigenvalue weighted by Crippen LogP contribution is 2.22. The molecule has 0 bridgehead atoms. The quantitative estimate of drug-likeness (QED) is 0.825. The minimum atomic E-state index is 0.398. The van der Waals surface area contributed by atoms with Gasteiger partial charge in [-0.1, -0.05) is 29.8 Å². The highest BCUT2D eigenvalue weighted by molar-refractivity contribution is 6.30. The highest BCUT2D eigenvalue weighted by atomic mass is 35.5. The molecule has 19 heavy (non-hydrogen) atoms. The second-order valence-corrected chi connectivity index (χ2v) is 4.40. The summed E-state index contributed by atoms with van der Waals surface area (Å²) in [5, 5.41) is 0.660. The number of halogens is 1. The number of hydrogen-bond acceptors (Lipinski definition) is 3. The van der Waals surface area contributed by atoms with Crippen LogP contribution in [0.4, 0.5) is 0 Å². The summed E-state index contributed by atoms with van der Waals surface area (Å²) in [6.45, 7) is 1.34. The fourth-order valence-electron chi connectivity index (χ4n) is 1.68. The molecule has 0 radical (unpaired) electrons. The number of rotatable bonds is 6. The van der Waals surface area contributed by atoms with Crippen molar-refractivity contribution in [2.24, 2.45) is 5.73 Å². The average Bonchev–Trinajstić information content (AvgIpc) is 2.46. The Hall–Kier alpha value is -1.71. The Bertz CT molecular complexity index is 517. The summed E-state index contributed by atoms with van der Waals surface area (Å²) in [5.74, 6) is 1.59. The molecule has 0 amide bonds. The fourth-order valence-corrected chi connectivity index (χ4v) is 1.87. The molecular weight excluding hydrogens is 262 g/mol. The van der Waals surface area contributed by atoms with Gasteiger partial charge in [-0.05, 0) is 30.3 Å². The van der Waals surface area contributed by atoms with Crippen molar-refractivity contribution in [3.8, 4) is 11.5 Å². The Morgan fingerprint density at radius 1 is 0.947 bits per heavy atom. The molecule has 100 valence electrons. The lowest BCUT2D eigenvalue weighted by molar-refractivity contribution is 0.216. The van der Waals surface area contributed by atoms with E-state index in [4.69, 9.17) is 26.8 Å². The minimum absolute atomic E-state index is 0.398. The maximum absolute atomic E-state index is 5.90. The third kappa shape index (κ3) is 4.16. The molecule has 0 spiro atoms. The maximum Gasteiger partial charge on any atom is 0.124 e. The molecule has 0 unspecified atom stereocenters. The van der Waals surface area contributed by atoms with E-state index in [-0.39, 0.29) is 0 Å². The molecule has 2 aromatic rings. The van der Waals surface area contributed by atoms with Gasteiger partial charge in [-0.3, -0.25) is 0 Å². The van der Waals surface area contributed by atoms with Crippen LogP contribution in [0, 0.1) is 0 Å². The highest BCUT2D eigenvalue weighted by Gasteiger charge is 2.03. The second kappa shape index (κ2) is 7.02. The Morgan fingerprint density at radius 3 is 2.42 bits per heavy atom. The van der Waals surface area contributed by atoms with Gasteiger partial charge in [-0.25, -0.2) is 0 Å². The average molecular weight is 278 g/mol. The first-order valence-electron chi connectivity index (χ1n) is 6.09. The van der Waals surface area contributed by atoms with E-state index in [9.17, 15) is 0 Å². The SMILES string of the molecule is NCc1cc(Cl)ccc1OCCOc1ccccc1. The van der Waals surface area contributed by atoms with Gasteiger partial charge in [0.2, 0.25) is 0 Å².